The van der Waals surface area contributed by atoms with Crippen molar-refractivity contribution in [2.45, 2.75) is 63.8 Å². The summed E-state index contributed by atoms with van der Waals surface area (Å²) in [6, 6.07) is 14.6. The number of fused-ring (bicyclic) bond motifs is 2. The molecule has 0 saturated heterocycles. The summed E-state index contributed by atoms with van der Waals surface area (Å²) in [7, 11) is 0. The molecule has 2 N–H and O–H groups in total. The molecule has 8 heteroatoms. The molecule has 2 aromatic rings. The number of unbranched alkanes of at least 4 members (excludes halogenated alkanes) is 1. The van der Waals surface area contributed by atoms with Crippen LogP contribution in [0.1, 0.15) is 39.5 Å². The first-order valence-corrected chi connectivity index (χ1v) is 11.9. The summed E-state index contributed by atoms with van der Waals surface area (Å²) < 4.78 is 23.3. The molecule has 0 aliphatic carbocycles. The van der Waals surface area contributed by atoms with Crippen LogP contribution in [0.2, 0.25) is 0 Å². The van der Waals surface area contributed by atoms with Crippen LogP contribution in [0.15, 0.2) is 48.5 Å². The molecule has 4 atom stereocenters. The fraction of sp³-hybridized carbons (Fsp3) is 0.462. The van der Waals surface area contributed by atoms with Gasteiger partial charge in [-0.3, -0.25) is 9.59 Å². The predicted molar refractivity (Wildman–Crippen MR) is 126 cm³/mol. The van der Waals surface area contributed by atoms with Gasteiger partial charge in [0.05, 0.1) is 12.1 Å². The Kier molecular flexibility index (Phi) is 7.77. The van der Waals surface area contributed by atoms with Crippen LogP contribution in [-0.4, -0.2) is 49.3 Å². The molecule has 34 heavy (non-hydrogen) atoms. The number of hydrogen-bond donors (Lipinski definition) is 2. The van der Waals surface area contributed by atoms with Gasteiger partial charge in [-0.15, -0.1) is 0 Å². The van der Waals surface area contributed by atoms with Crippen molar-refractivity contribution in [1.82, 2.24) is 10.6 Å². The van der Waals surface area contributed by atoms with Crippen LogP contribution < -0.4 is 29.6 Å². The van der Waals surface area contributed by atoms with E-state index in [0.717, 1.165) is 11.5 Å². The molecule has 0 unspecified atom stereocenters. The SMILES string of the molecule is C[C@H](NC(=O)CCCCC(=O)N[C@@H](C)[C@H]1COc2ccccc2O1)[C@@H]1COc2ccccc2O1. The van der Waals surface area contributed by atoms with Crippen molar-refractivity contribution in [1.29, 1.82) is 0 Å². The van der Waals surface area contributed by atoms with Gasteiger partial charge >= 0.3 is 0 Å². The van der Waals surface area contributed by atoms with Crippen LogP contribution in [-0.2, 0) is 9.59 Å². The number of hydrogen-bond acceptors (Lipinski definition) is 6. The van der Waals surface area contributed by atoms with Crippen LogP contribution in [0.5, 0.6) is 23.0 Å². The van der Waals surface area contributed by atoms with E-state index in [1.54, 1.807) is 0 Å². The van der Waals surface area contributed by atoms with Crippen molar-refractivity contribution in [2.75, 3.05) is 13.2 Å². The maximum atomic E-state index is 12.3. The van der Waals surface area contributed by atoms with Crippen molar-refractivity contribution in [3.8, 4) is 23.0 Å². The molecule has 2 amide bonds. The first kappa shape index (κ1) is 23.7. The Morgan fingerprint density at radius 3 is 1.53 bits per heavy atom. The number of carbonyl (C=O) groups excluding carboxylic acids is 2. The van der Waals surface area contributed by atoms with Gasteiger partial charge in [0, 0.05) is 12.8 Å². The number of benzene rings is 2. The molecule has 2 heterocycles. The van der Waals surface area contributed by atoms with E-state index in [1.165, 1.54) is 0 Å². The predicted octanol–water partition coefficient (Wildman–Crippen LogP) is 3.24. The van der Waals surface area contributed by atoms with Gasteiger partial charge in [-0.1, -0.05) is 24.3 Å². The molecule has 2 aliphatic rings. The number of amides is 2. The van der Waals surface area contributed by atoms with Gasteiger partial charge in [-0.2, -0.15) is 0 Å². The standard InChI is InChI=1S/C26H32N2O6/c1-17(23-15-31-19-9-3-5-11-21(19)33-23)27-25(29)13-7-8-14-26(30)28-18(2)24-16-32-20-10-4-6-12-22(20)34-24/h3-6,9-12,17-18,23-24H,7-8,13-16H2,1-2H3,(H,27,29)(H,28,30)/t17-,18-,23-,24+/m0/s1. The lowest BCUT2D eigenvalue weighted by Crippen LogP contribution is -2.48. The third kappa shape index (κ3) is 6.12. The van der Waals surface area contributed by atoms with Crippen molar-refractivity contribution < 1.29 is 28.5 Å². The highest BCUT2D eigenvalue weighted by Crippen LogP contribution is 2.32. The summed E-state index contributed by atoms with van der Waals surface area (Å²) in [4.78, 5) is 24.7. The Balaban J connectivity index is 1.11. The molecule has 0 saturated carbocycles. The maximum Gasteiger partial charge on any atom is 0.220 e. The normalized spacial score (nSPS) is 20.1. The summed E-state index contributed by atoms with van der Waals surface area (Å²) >= 11 is 0. The smallest absolute Gasteiger partial charge is 0.220 e. The van der Waals surface area contributed by atoms with Crippen molar-refractivity contribution >= 4 is 11.8 Å². The molecule has 4 rings (SSSR count). The third-order valence-electron chi connectivity index (χ3n) is 6.01. The molecule has 8 nitrogen and oxygen atoms in total. The van der Waals surface area contributed by atoms with Crippen molar-refractivity contribution in [2.24, 2.45) is 0 Å². The number of rotatable bonds is 9. The lowest BCUT2D eigenvalue weighted by atomic mass is 10.1. The third-order valence-corrected chi connectivity index (χ3v) is 6.01. The quantitative estimate of drug-likeness (QED) is 0.549. The van der Waals surface area contributed by atoms with E-state index in [-0.39, 0.29) is 36.1 Å². The lowest BCUT2D eigenvalue weighted by Gasteiger charge is -2.31. The van der Waals surface area contributed by atoms with Gasteiger partial charge in [0.2, 0.25) is 11.8 Å². The van der Waals surface area contributed by atoms with E-state index in [4.69, 9.17) is 18.9 Å². The summed E-state index contributed by atoms with van der Waals surface area (Å²) in [5, 5.41) is 5.95. The zero-order valence-corrected chi connectivity index (χ0v) is 19.6. The van der Waals surface area contributed by atoms with Gasteiger partial charge in [0.25, 0.3) is 0 Å². The Labute approximate surface area is 199 Å². The summed E-state index contributed by atoms with van der Waals surface area (Å²) in [5.74, 6) is 2.70. The molecule has 0 radical (unpaired) electrons. The molecule has 182 valence electrons. The minimum absolute atomic E-state index is 0.0600. The van der Waals surface area contributed by atoms with Crippen LogP contribution in [0.3, 0.4) is 0 Å². The highest BCUT2D eigenvalue weighted by molar-refractivity contribution is 5.77. The minimum atomic E-state index is -0.246. The van der Waals surface area contributed by atoms with E-state index in [2.05, 4.69) is 10.6 Å². The summed E-state index contributed by atoms with van der Waals surface area (Å²) in [6.45, 7) is 4.59. The van der Waals surface area contributed by atoms with Crippen molar-refractivity contribution in [3.63, 3.8) is 0 Å². The van der Waals surface area contributed by atoms with E-state index < -0.39 is 0 Å². The fourth-order valence-corrected chi connectivity index (χ4v) is 3.97. The second kappa shape index (κ2) is 11.1. The Bertz CT molecular complexity index is 917. The van der Waals surface area contributed by atoms with E-state index >= 15 is 0 Å². The lowest BCUT2D eigenvalue weighted by molar-refractivity contribution is -0.124. The maximum absolute atomic E-state index is 12.3. The minimum Gasteiger partial charge on any atom is -0.486 e. The Morgan fingerprint density at radius 1 is 0.735 bits per heavy atom. The number of carbonyl (C=O) groups is 2. The molecule has 0 bridgehead atoms. The first-order valence-electron chi connectivity index (χ1n) is 11.9. The van der Waals surface area contributed by atoms with Gasteiger partial charge in [-0.25, -0.2) is 0 Å². The molecule has 0 spiro atoms. The monoisotopic (exact) mass is 468 g/mol. The largest absolute Gasteiger partial charge is 0.486 e. The van der Waals surface area contributed by atoms with Crippen LogP contribution in [0, 0.1) is 0 Å². The van der Waals surface area contributed by atoms with Crippen LogP contribution in [0.25, 0.3) is 0 Å². The molecule has 0 aromatic heterocycles. The second-order valence-corrected chi connectivity index (χ2v) is 8.75. The van der Waals surface area contributed by atoms with Gasteiger partial charge in [0.1, 0.15) is 13.2 Å². The number of para-hydroxylation sites is 4. The molecule has 2 aromatic carbocycles. The summed E-state index contributed by atoms with van der Waals surface area (Å²) in [6.07, 6.45) is 1.47. The summed E-state index contributed by atoms with van der Waals surface area (Å²) in [5.41, 5.74) is 0. The Morgan fingerprint density at radius 2 is 1.12 bits per heavy atom. The average Bonchev–Trinajstić information content (AvgIpc) is 2.86. The van der Waals surface area contributed by atoms with E-state index in [9.17, 15) is 9.59 Å². The van der Waals surface area contributed by atoms with Crippen molar-refractivity contribution in [3.05, 3.63) is 48.5 Å². The van der Waals surface area contributed by atoms with E-state index in [0.29, 0.717) is 50.4 Å². The van der Waals surface area contributed by atoms with E-state index in [1.807, 2.05) is 62.4 Å². The zero-order valence-electron chi connectivity index (χ0n) is 19.6. The molecule has 0 fully saturated rings. The zero-order chi connectivity index (χ0) is 23.9. The van der Waals surface area contributed by atoms with Gasteiger partial charge in [0.15, 0.2) is 35.2 Å². The molecular weight excluding hydrogens is 436 g/mol. The fourth-order valence-electron chi connectivity index (χ4n) is 3.97. The topological polar surface area (TPSA) is 95.1 Å². The van der Waals surface area contributed by atoms with Gasteiger partial charge in [-0.05, 0) is 51.0 Å². The Hall–Kier alpha value is -3.42. The highest BCUT2D eigenvalue weighted by atomic mass is 16.6. The van der Waals surface area contributed by atoms with Crippen LogP contribution in [0.4, 0.5) is 0 Å². The van der Waals surface area contributed by atoms with Gasteiger partial charge < -0.3 is 29.6 Å². The molecular formula is C26H32N2O6. The number of ether oxygens (including phenoxy) is 4. The first-order chi connectivity index (χ1) is 16.5. The number of nitrogens with one attached hydrogen (secondary N) is 2. The highest BCUT2D eigenvalue weighted by Gasteiger charge is 2.28. The van der Waals surface area contributed by atoms with Crippen LogP contribution >= 0.6 is 0 Å². The second-order valence-electron chi connectivity index (χ2n) is 8.75. The molecule has 2 aliphatic heterocycles. The average molecular weight is 469 g/mol.